The number of phenolic OH excluding ortho intramolecular Hbond substituents is 1. The Balaban J connectivity index is 0.000000420. The quantitative estimate of drug-likeness (QED) is 0.0423. The fraction of sp³-hybridized carbons (Fsp3) is 0.590. The van der Waals surface area contributed by atoms with Gasteiger partial charge in [0.1, 0.15) is 29.6 Å². The molecule has 0 bridgehead atoms. The second kappa shape index (κ2) is 31.9. The maximum atomic E-state index is 13.5. The number of aliphatic hydroxyl groups is 5. The van der Waals surface area contributed by atoms with Crippen LogP contribution in [0.2, 0.25) is 0 Å². The molecule has 1 saturated heterocycles. The van der Waals surface area contributed by atoms with Crippen LogP contribution in [0.25, 0.3) is 0 Å². The van der Waals surface area contributed by atoms with Crippen LogP contribution < -0.4 is 5.32 Å². The van der Waals surface area contributed by atoms with E-state index in [1.54, 1.807) is 56.4 Å². The van der Waals surface area contributed by atoms with Gasteiger partial charge in [-0.2, -0.15) is 0 Å². The average molecular weight is 1060 g/mol. The summed E-state index contributed by atoms with van der Waals surface area (Å²) in [6.07, 6.45) is 20.2. The van der Waals surface area contributed by atoms with E-state index >= 15 is 0 Å². The van der Waals surface area contributed by atoms with Gasteiger partial charge >= 0.3 is 11.9 Å². The summed E-state index contributed by atoms with van der Waals surface area (Å²) in [6.45, 7) is 21.0. The first-order chi connectivity index (χ1) is 35.9. The zero-order valence-electron chi connectivity index (χ0n) is 47.3. The zero-order valence-corrected chi connectivity index (χ0v) is 47.3. The number of methoxy groups -OCH3 is 2. The minimum Gasteiger partial charge on any atom is -0.507 e. The maximum absolute atomic E-state index is 13.5. The number of hydrogen-bond acceptors (Lipinski definition) is 14. The fourth-order valence-electron chi connectivity index (χ4n) is 9.88. The van der Waals surface area contributed by atoms with E-state index in [2.05, 4.69) is 5.32 Å². The number of nitrogens with one attached hydrogen (secondary N) is 1. The molecule has 424 valence electrons. The molecule has 15 nitrogen and oxygen atoms in total. The van der Waals surface area contributed by atoms with Gasteiger partial charge in [0.2, 0.25) is 11.7 Å². The van der Waals surface area contributed by atoms with E-state index in [9.17, 15) is 45.0 Å². The number of amides is 1. The number of hydrogen-bond donors (Lipinski definition) is 7. The monoisotopic (exact) mass is 1060 g/mol. The summed E-state index contributed by atoms with van der Waals surface area (Å²) in [7, 11) is 2.87. The first-order valence-corrected chi connectivity index (χ1v) is 27.0. The molecule has 1 fully saturated rings. The molecular weight excluding hydrogens is 971 g/mol. The van der Waals surface area contributed by atoms with Crippen molar-refractivity contribution in [3.63, 3.8) is 0 Å². The van der Waals surface area contributed by atoms with Crippen molar-refractivity contribution in [3.8, 4) is 5.75 Å². The van der Waals surface area contributed by atoms with Crippen LogP contribution in [-0.4, -0.2) is 117 Å². The van der Waals surface area contributed by atoms with Gasteiger partial charge in [-0.1, -0.05) is 146 Å². The van der Waals surface area contributed by atoms with Crippen LogP contribution in [0.3, 0.4) is 0 Å². The number of aromatic hydroxyl groups is 1. The van der Waals surface area contributed by atoms with Crippen LogP contribution in [0.4, 0.5) is 0 Å². The van der Waals surface area contributed by atoms with E-state index in [4.69, 9.17) is 23.7 Å². The minimum absolute atomic E-state index is 0.000482. The van der Waals surface area contributed by atoms with E-state index < -0.39 is 78.4 Å². The molecule has 0 spiro atoms. The number of phenols is 1. The van der Waals surface area contributed by atoms with Crippen molar-refractivity contribution >= 4 is 17.8 Å². The molecule has 1 aromatic carbocycles. The van der Waals surface area contributed by atoms with Crippen LogP contribution in [-0.2, 0) is 39.7 Å². The largest absolute Gasteiger partial charge is 0.507 e. The molecule has 3 aliphatic rings. The zero-order chi connectivity index (χ0) is 56.9. The maximum Gasteiger partial charge on any atom is 0.373 e. The summed E-state index contributed by atoms with van der Waals surface area (Å²) in [5.41, 5.74) is 2.62. The van der Waals surface area contributed by atoms with E-state index in [-0.39, 0.29) is 65.4 Å². The Kier molecular flexibility index (Phi) is 27.4. The topological polar surface area (TPSA) is 231 Å². The Morgan fingerprint density at radius 1 is 0.934 bits per heavy atom. The van der Waals surface area contributed by atoms with Crippen molar-refractivity contribution in [2.24, 2.45) is 41.4 Å². The third-order valence-electron chi connectivity index (χ3n) is 14.7. The van der Waals surface area contributed by atoms with Crippen molar-refractivity contribution in [2.75, 3.05) is 14.2 Å². The molecule has 0 aromatic heterocycles. The summed E-state index contributed by atoms with van der Waals surface area (Å²) < 4.78 is 29.1. The molecule has 15 heteroatoms. The summed E-state index contributed by atoms with van der Waals surface area (Å²) >= 11 is 0. The molecule has 0 radical (unpaired) electrons. The minimum atomic E-state index is -1.80. The SMILES string of the molecule is CC/C=C\C=C/C(=O)N/C=C/C[C@@H]1C[C@H](O)[C@H](C)C/C=C/Cc2cccc(O)c2C(=O)O1.CO/C1=C\C(C)=C\[C@@H](C)[C@@H](O)[C@H](C)C/C(C)=C/C=C/[C@@H](OC)C([C@@H](C)[C@@H](O)[C@H](C)[C@@]2(O)C[C@@H](O)[C@H](C)[C@@H](C(C)C)O2)OC1=O. The number of rotatable bonds is 13. The predicted octanol–water partition coefficient (Wildman–Crippen LogP) is 9.04. The summed E-state index contributed by atoms with van der Waals surface area (Å²) in [4.78, 5) is 38.1. The smallest absolute Gasteiger partial charge is 0.373 e. The first kappa shape index (κ1) is 65.2. The van der Waals surface area contributed by atoms with Gasteiger partial charge in [0.25, 0.3) is 0 Å². The van der Waals surface area contributed by atoms with Gasteiger partial charge in [-0.05, 0) is 75.0 Å². The highest BCUT2D eigenvalue weighted by atomic mass is 16.6. The molecule has 15 atom stereocenters. The molecule has 3 aliphatic heterocycles. The molecule has 3 heterocycles. The van der Waals surface area contributed by atoms with Crippen LogP contribution >= 0.6 is 0 Å². The third-order valence-corrected chi connectivity index (χ3v) is 14.7. The van der Waals surface area contributed by atoms with E-state index in [0.29, 0.717) is 31.2 Å². The standard InChI is InChI=1S/C35H58O9.C26H33NO5/c1-19(2)32-24(7)27(36)18-35(40,44-32)26(9)31(38)25(8)33-28(41-10)14-12-13-20(3)15-22(5)30(37)23(6)16-21(4)17-29(42-11)34(39)43-33;1-3-4-5-6-16-24(30)27-17-10-14-21-18-23(29)19(2)11-7-8-12-20-13-9-15-22(28)25(20)26(31)32-21/h12-14,16-17,19,22-28,30-33,36-38,40H,15,18H2,1-11H3;4-10,13,15-17,19,21,23,28-29H,3,11-12,14,18H2,1-2H3,(H,27,30)/b14-12+,20-13+,21-16+,29-17-;5-4-,8-7+,16-6-,17-10+/t22-,23-,24+,25+,26+,27-,28-,30+,31-,32-,33?,35-;19-,21-,23+/m11/s1. The van der Waals surface area contributed by atoms with E-state index in [1.807, 2.05) is 98.8 Å². The number of aliphatic hydroxyl groups excluding tert-OH is 4. The summed E-state index contributed by atoms with van der Waals surface area (Å²) in [6, 6.07) is 4.95. The molecular formula is C61H91NO14. The summed E-state index contributed by atoms with van der Waals surface area (Å²) in [5.74, 6) is -5.51. The van der Waals surface area contributed by atoms with Crippen molar-refractivity contribution in [3.05, 3.63) is 125 Å². The molecule has 1 unspecified atom stereocenters. The lowest BCUT2D eigenvalue weighted by molar-refractivity contribution is -0.328. The normalized spacial score (nSPS) is 33.7. The Bertz CT molecular complexity index is 2260. The van der Waals surface area contributed by atoms with E-state index in [1.165, 1.54) is 32.6 Å². The molecule has 1 aromatic rings. The van der Waals surface area contributed by atoms with Crippen LogP contribution in [0.5, 0.6) is 5.75 Å². The molecule has 1 amide bonds. The molecule has 0 saturated carbocycles. The fourth-order valence-corrected chi connectivity index (χ4v) is 9.88. The lowest BCUT2D eigenvalue weighted by Crippen LogP contribution is -2.59. The second-order valence-corrected chi connectivity index (χ2v) is 21.4. The van der Waals surface area contributed by atoms with Crippen molar-refractivity contribution < 1.29 is 68.7 Å². The first-order valence-electron chi connectivity index (χ1n) is 27.0. The summed E-state index contributed by atoms with van der Waals surface area (Å²) in [5, 5.41) is 68.5. The van der Waals surface area contributed by atoms with Gasteiger partial charge in [-0.3, -0.25) is 4.79 Å². The Labute approximate surface area is 452 Å². The van der Waals surface area contributed by atoms with Crippen molar-refractivity contribution in [2.45, 2.75) is 176 Å². The Morgan fingerprint density at radius 3 is 2.30 bits per heavy atom. The number of fused-ring (bicyclic) bond motifs is 1. The highest BCUT2D eigenvalue weighted by molar-refractivity contribution is 5.94. The molecule has 76 heavy (non-hydrogen) atoms. The number of carbonyl (C=O) groups excluding carboxylic acids is 3. The third kappa shape index (κ3) is 19.7. The number of cyclic esters (lactones) is 2. The van der Waals surface area contributed by atoms with Gasteiger partial charge < -0.3 is 59.6 Å². The Hall–Kier alpha value is -5.13. The lowest BCUT2D eigenvalue weighted by Gasteiger charge is -2.49. The number of esters is 2. The predicted molar refractivity (Wildman–Crippen MR) is 295 cm³/mol. The van der Waals surface area contributed by atoms with Gasteiger partial charge in [0.15, 0.2) is 5.79 Å². The van der Waals surface area contributed by atoms with Crippen LogP contribution in [0, 0.1) is 41.4 Å². The number of ether oxygens (including phenoxy) is 5. The molecule has 4 rings (SSSR count). The highest BCUT2D eigenvalue weighted by Gasteiger charge is 2.51. The van der Waals surface area contributed by atoms with Gasteiger partial charge in [-0.15, -0.1) is 0 Å². The van der Waals surface area contributed by atoms with Gasteiger partial charge in [0, 0.05) is 62.3 Å². The van der Waals surface area contributed by atoms with Crippen LogP contribution in [0.1, 0.15) is 131 Å². The highest BCUT2D eigenvalue weighted by Crippen LogP contribution is 2.41. The number of benzene rings is 1. The lowest BCUT2D eigenvalue weighted by atomic mass is 9.76. The van der Waals surface area contributed by atoms with E-state index in [0.717, 1.165) is 17.6 Å². The Morgan fingerprint density at radius 2 is 1.64 bits per heavy atom. The number of carbonyl (C=O) groups is 3. The number of allylic oxidation sites excluding steroid dienone is 10. The van der Waals surface area contributed by atoms with Crippen molar-refractivity contribution in [1.82, 2.24) is 5.32 Å². The molecule has 7 N–H and O–H groups in total. The average Bonchev–Trinajstić information content (AvgIpc) is 3.37. The molecule has 0 aliphatic carbocycles. The van der Waals surface area contributed by atoms with Crippen molar-refractivity contribution in [1.29, 1.82) is 0 Å². The van der Waals surface area contributed by atoms with Crippen LogP contribution in [0.15, 0.2) is 114 Å². The van der Waals surface area contributed by atoms with Gasteiger partial charge in [0.05, 0.1) is 37.6 Å². The van der Waals surface area contributed by atoms with Gasteiger partial charge in [-0.25, -0.2) is 9.59 Å². The second-order valence-electron chi connectivity index (χ2n) is 21.4.